The van der Waals surface area contributed by atoms with Gasteiger partial charge in [-0.15, -0.1) is 0 Å². The molecule has 1 heterocycles. The predicted molar refractivity (Wildman–Crippen MR) is 166 cm³/mol. The Kier molecular flexibility index (Phi) is 10.6. The van der Waals surface area contributed by atoms with Crippen LogP contribution >= 0.6 is 0 Å². The molecule has 1 aliphatic rings. The van der Waals surface area contributed by atoms with Gasteiger partial charge >= 0.3 is 0 Å². The predicted octanol–water partition coefficient (Wildman–Crippen LogP) is 6.46. The number of fused-ring (bicyclic) bond motifs is 1. The van der Waals surface area contributed by atoms with Crippen molar-refractivity contribution in [3.8, 4) is 11.1 Å². The number of hydrogen-bond donors (Lipinski definition) is 2. The van der Waals surface area contributed by atoms with Crippen molar-refractivity contribution in [3.63, 3.8) is 0 Å². The van der Waals surface area contributed by atoms with Crippen molar-refractivity contribution in [1.82, 2.24) is 10.2 Å². The first-order valence-corrected chi connectivity index (χ1v) is 15.2. The number of rotatable bonds is 12. The van der Waals surface area contributed by atoms with Crippen LogP contribution in [0.25, 0.3) is 21.9 Å². The van der Waals surface area contributed by atoms with Crippen LogP contribution in [0, 0.1) is 17.8 Å². The van der Waals surface area contributed by atoms with E-state index in [0.29, 0.717) is 32.4 Å². The van der Waals surface area contributed by atoms with Gasteiger partial charge in [-0.25, -0.2) is 0 Å². The first-order valence-electron chi connectivity index (χ1n) is 15.2. The van der Waals surface area contributed by atoms with Crippen LogP contribution in [0.2, 0.25) is 0 Å². The van der Waals surface area contributed by atoms with Gasteiger partial charge in [0.1, 0.15) is 6.04 Å². The molecule has 1 saturated heterocycles. The molecule has 1 fully saturated rings. The van der Waals surface area contributed by atoms with Crippen LogP contribution < -0.4 is 11.1 Å². The van der Waals surface area contributed by atoms with Crippen molar-refractivity contribution in [1.29, 1.82) is 0 Å². The number of nitrogens with two attached hydrogens (primary N) is 1. The van der Waals surface area contributed by atoms with E-state index in [2.05, 4.69) is 60.8 Å². The highest BCUT2D eigenvalue weighted by atomic mass is 16.2. The fourth-order valence-electron chi connectivity index (χ4n) is 6.04. The minimum Gasteiger partial charge on any atom is -0.369 e. The van der Waals surface area contributed by atoms with E-state index in [4.69, 9.17) is 5.73 Å². The zero-order valence-electron chi connectivity index (χ0n) is 24.8. The summed E-state index contributed by atoms with van der Waals surface area (Å²) in [4.78, 5) is 41.5. The van der Waals surface area contributed by atoms with Gasteiger partial charge in [0.2, 0.25) is 17.7 Å². The van der Waals surface area contributed by atoms with Gasteiger partial charge in [-0.2, -0.15) is 0 Å². The molecular weight excluding hydrogens is 510 g/mol. The molecule has 0 radical (unpaired) electrons. The van der Waals surface area contributed by atoms with Crippen molar-refractivity contribution in [2.24, 2.45) is 23.5 Å². The normalized spacial score (nSPS) is 17.3. The molecule has 3 aromatic rings. The molecule has 3 atom stereocenters. The lowest BCUT2D eigenvalue weighted by Crippen LogP contribution is -2.50. The molecular formula is C35H45N3O3. The molecule has 0 spiro atoms. The summed E-state index contributed by atoms with van der Waals surface area (Å²) in [7, 11) is 0. The molecule has 0 bridgehead atoms. The summed E-state index contributed by atoms with van der Waals surface area (Å²) >= 11 is 0. The minimum atomic E-state index is -0.594. The molecule has 6 nitrogen and oxygen atoms in total. The zero-order valence-corrected chi connectivity index (χ0v) is 24.8. The van der Waals surface area contributed by atoms with Crippen molar-refractivity contribution in [2.75, 3.05) is 6.54 Å². The standard InChI is InChI=1S/C35H45N3O3/c1-4-5-15-30(33(36)39)31(20-24(2)3)34(40)37-32-16-8-9-19-38(35(32)41)23-25-11-10-14-27(21-25)29-18-17-26-12-6-7-13-28(26)22-29/h6-7,10-14,17-18,21-22,24,30-32H,4-5,8-9,15-16,19-20,23H2,1-3H3,(H2,36,39)(H,37,40)/t30-,31+,32-/m0/s1. The number of unbranched alkanes of at least 4 members (excludes halogenated alkanes) is 1. The quantitative estimate of drug-likeness (QED) is 0.269. The highest BCUT2D eigenvalue weighted by Gasteiger charge is 2.36. The van der Waals surface area contributed by atoms with E-state index >= 15 is 0 Å². The van der Waals surface area contributed by atoms with Crippen molar-refractivity contribution >= 4 is 28.5 Å². The van der Waals surface area contributed by atoms with E-state index in [1.54, 1.807) is 0 Å². The van der Waals surface area contributed by atoms with Crippen LogP contribution in [0.1, 0.15) is 71.3 Å². The molecule has 3 amide bonds. The molecule has 3 aromatic carbocycles. The third-order valence-corrected chi connectivity index (χ3v) is 8.26. The third-order valence-electron chi connectivity index (χ3n) is 8.26. The van der Waals surface area contributed by atoms with Gasteiger partial charge in [0.15, 0.2) is 0 Å². The van der Waals surface area contributed by atoms with Gasteiger partial charge in [-0.3, -0.25) is 14.4 Å². The third kappa shape index (κ3) is 7.96. The number of nitrogens with zero attached hydrogens (tertiary/aromatic N) is 1. The van der Waals surface area contributed by atoms with E-state index in [9.17, 15) is 14.4 Å². The van der Waals surface area contributed by atoms with E-state index in [1.807, 2.05) is 36.9 Å². The fourth-order valence-corrected chi connectivity index (χ4v) is 6.04. The average molecular weight is 556 g/mol. The second-order valence-electron chi connectivity index (χ2n) is 12.0. The van der Waals surface area contributed by atoms with Crippen LogP contribution in [0.5, 0.6) is 0 Å². The number of nitrogens with one attached hydrogen (secondary N) is 1. The molecule has 6 heteroatoms. The van der Waals surface area contributed by atoms with E-state index < -0.39 is 23.8 Å². The summed E-state index contributed by atoms with van der Waals surface area (Å²) in [5.74, 6) is -1.53. The van der Waals surface area contributed by atoms with E-state index in [1.165, 1.54) is 10.8 Å². The molecule has 1 aliphatic heterocycles. The lowest BCUT2D eigenvalue weighted by Gasteiger charge is -2.29. The Morgan fingerprint density at radius 1 is 0.951 bits per heavy atom. The first-order chi connectivity index (χ1) is 19.8. The number of amides is 3. The number of carbonyl (C=O) groups excluding carboxylic acids is 3. The van der Waals surface area contributed by atoms with Crippen LogP contribution in [0.3, 0.4) is 0 Å². The number of carbonyl (C=O) groups is 3. The van der Waals surface area contributed by atoms with Gasteiger partial charge < -0.3 is 16.0 Å². The Balaban J connectivity index is 1.49. The Morgan fingerprint density at radius 3 is 2.44 bits per heavy atom. The van der Waals surface area contributed by atoms with Crippen LogP contribution in [-0.4, -0.2) is 35.2 Å². The summed E-state index contributed by atoms with van der Waals surface area (Å²) < 4.78 is 0. The topological polar surface area (TPSA) is 92.5 Å². The van der Waals surface area contributed by atoms with Crippen LogP contribution in [0.15, 0.2) is 66.7 Å². The average Bonchev–Trinajstić information content (AvgIpc) is 3.12. The monoisotopic (exact) mass is 555 g/mol. The first kappa shape index (κ1) is 30.3. The maximum absolute atomic E-state index is 13.7. The molecule has 3 N–H and O–H groups in total. The van der Waals surface area contributed by atoms with Gasteiger partial charge in [0.05, 0.1) is 0 Å². The Hall–Kier alpha value is -3.67. The van der Waals surface area contributed by atoms with Crippen LogP contribution in [0.4, 0.5) is 0 Å². The van der Waals surface area contributed by atoms with Gasteiger partial charge in [-0.1, -0.05) is 88.2 Å². The maximum Gasteiger partial charge on any atom is 0.245 e. The van der Waals surface area contributed by atoms with Crippen molar-refractivity contribution < 1.29 is 14.4 Å². The molecule has 0 saturated carbocycles. The lowest BCUT2D eigenvalue weighted by atomic mass is 9.81. The van der Waals surface area contributed by atoms with E-state index in [0.717, 1.165) is 42.4 Å². The maximum atomic E-state index is 13.7. The van der Waals surface area contributed by atoms with Crippen molar-refractivity contribution in [3.05, 3.63) is 72.3 Å². The summed E-state index contributed by atoms with van der Waals surface area (Å²) in [6.07, 6.45) is 5.27. The Bertz CT molecular complexity index is 1350. The molecule has 0 aromatic heterocycles. The molecule has 218 valence electrons. The Labute approximate surface area is 244 Å². The largest absolute Gasteiger partial charge is 0.369 e. The van der Waals surface area contributed by atoms with Gasteiger partial charge in [0, 0.05) is 24.9 Å². The van der Waals surface area contributed by atoms with Crippen molar-refractivity contribution in [2.45, 2.75) is 78.3 Å². The second-order valence-corrected chi connectivity index (χ2v) is 12.0. The molecule has 0 aliphatic carbocycles. The highest BCUT2D eigenvalue weighted by molar-refractivity contribution is 5.91. The fraction of sp³-hybridized carbons (Fsp3) is 0.457. The number of hydrogen-bond acceptors (Lipinski definition) is 3. The summed E-state index contributed by atoms with van der Waals surface area (Å²) in [6, 6.07) is 22.6. The Morgan fingerprint density at radius 2 is 1.71 bits per heavy atom. The molecule has 4 rings (SSSR count). The lowest BCUT2D eigenvalue weighted by molar-refractivity contribution is -0.139. The number of benzene rings is 3. The molecule has 0 unspecified atom stereocenters. The summed E-state index contributed by atoms with van der Waals surface area (Å²) in [6.45, 7) is 7.29. The van der Waals surface area contributed by atoms with Gasteiger partial charge in [-0.05, 0) is 77.6 Å². The van der Waals surface area contributed by atoms with Crippen LogP contribution in [-0.2, 0) is 20.9 Å². The smallest absolute Gasteiger partial charge is 0.245 e. The number of primary amides is 1. The minimum absolute atomic E-state index is 0.0561. The summed E-state index contributed by atoms with van der Waals surface area (Å²) in [5, 5.41) is 5.46. The second kappa shape index (κ2) is 14.3. The number of likely N-dealkylation sites (tertiary alicyclic amines) is 1. The van der Waals surface area contributed by atoms with Gasteiger partial charge in [0.25, 0.3) is 0 Å². The SMILES string of the molecule is CCCC[C@H](C(N)=O)[C@@H](CC(C)C)C(=O)N[C@H]1CCCCN(Cc2cccc(-c3ccc4ccccc4c3)c2)C1=O. The highest BCUT2D eigenvalue weighted by Crippen LogP contribution is 2.28. The molecule has 41 heavy (non-hydrogen) atoms. The summed E-state index contributed by atoms with van der Waals surface area (Å²) in [5.41, 5.74) is 9.08. The zero-order chi connectivity index (χ0) is 29.4. The van der Waals surface area contributed by atoms with E-state index in [-0.39, 0.29) is 17.7 Å².